The first-order valence-corrected chi connectivity index (χ1v) is 24.0. The van der Waals surface area contributed by atoms with Crippen LogP contribution in [-0.2, 0) is 27.1 Å². The Balaban J connectivity index is 1.22. The monoisotopic (exact) mass is 847 g/mol. The summed E-state index contributed by atoms with van der Waals surface area (Å²) in [6.07, 6.45) is 0. The summed E-state index contributed by atoms with van der Waals surface area (Å²) in [6, 6.07) is 39.7. The third kappa shape index (κ3) is 5.03. The molecule has 0 saturated carbocycles. The lowest BCUT2D eigenvalue weighted by molar-refractivity contribution is 0.590. The van der Waals surface area contributed by atoms with Gasteiger partial charge in [-0.25, -0.2) is 0 Å². The van der Waals surface area contributed by atoms with Crippen molar-refractivity contribution in [1.29, 1.82) is 0 Å². The van der Waals surface area contributed by atoms with E-state index in [0.717, 1.165) is 0 Å². The van der Waals surface area contributed by atoms with Crippen LogP contribution in [0.15, 0.2) is 97.1 Å². The van der Waals surface area contributed by atoms with Gasteiger partial charge in [-0.05, 0) is 140 Å². The SMILES string of the molecule is CC(C)(C)c1ccc2c(c1)c1cc(C(C)(C)C)cc3c4cc5c(cc4n2c13)c1cc(C(C)(C)C)cc2c3cc4c6cc(C(C)(C)C)cc7c8cc(C(C)(C)C)ccc8n(c4cc3n5c12)c76. The molecule has 6 aromatic heterocycles. The molecule has 0 spiro atoms. The van der Waals surface area contributed by atoms with Crippen LogP contribution in [0.4, 0.5) is 0 Å². The molecule has 0 N–H and O–H groups in total. The van der Waals surface area contributed by atoms with Crippen molar-refractivity contribution in [3.05, 3.63) is 125 Å². The molecular formula is C62H61N3. The average Bonchev–Trinajstić information content (AvgIpc) is 4.04. The topological polar surface area (TPSA) is 13.2 Å². The Bertz CT molecular complexity index is 4220. The number of rotatable bonds is 0. The summed E-state index contributed by atoms with van der Waals surface area (Å²) in [5.74, 6) is 0. The van der Waals surface area contributed by atoms with Crippen LogP contribution in [0, 0.1) is 0 Å². The van der Waals surface area contributed by atoms with Gasteiger partial charge in [0.15, 0.2) is 0 Å². The molecule has 7 aromatic carbocycles. The molecular weight excluding hydrogens is 787 g/mol. The predicted octanol–water partition coefficient (Wildman–Crippen LogP) is 17.6. The fraction of sp³-hybridized carbons (Fsp3) is 0.323. The van der Waals surface area contributed by atoms with E-state index in [0.29, 0.717) is 0 Å². The highest BCUT2D eigenvalue weighted by Crippen LogP contribution is 2.50. The Hall–Kier alpha value is -6.06. The van der Waals surface area contributed by atoms with Crippen LogP contribution >= 0.6 is 0 Å². The summed E-state index contributed by atoms with van der Waals surface area (Å²) in [7, 11) is 0. The molecule has 0 atom stereocenters. The summed E-state index contributed by atoms with van der Waals surface area (Å²) in [5, 5.41) is 16.1. The van der Waals surface area contributed by atoms with Gasteiger partial charge in [0, 0.05) is 64.6 Å². The Morgan fingerprint density at radius 1 is 0.215 bits per heavy atom. The maximum Gasteiger partial charge on any atom is 0.0620 e. The van der Waals surface area contributed by atoms with E-state index in [1.807, 2.05) is 0 Å². The number of hydrogen-bond donors (Lipinski definition) is 0. The van der Waals surface area contributed by atoms with Gasteiger partial charge in [0.2, 0.25) is 0 Å². The average molecular weight is 848 g/mol. The Morgan fingerprint density at radius 3 is 0.738 bits per heavy atom. The highest BCUT2D eigenvalue weighted by molar-refractivity contribution is 6.31. The molecule has 0 radical (unpaired) electrons. The maximum atomic E-state index is 2.64. The quantitative estimate of drug-likeness (QED) is 0.144. The molecule has 65 heavy (non-hydrogen) atoms. The van der Waals surface area contributed by atoms with Crippen LogP contribution in [0.1, 0.15) is 132 Å². The van der Waals surface area contributed by atoms with Gasteiger partial charge in [-0.1, -0.05) is 116 Å². The van der Waals surface area contributed by atoms with Gasteiger partial charge in [-0.2, -0.15) is 0 Å². The summed E-state index contributed by atoms with van der Waals surface area (Å²) >= 11 is 0. The molecule has 13 aromatic rings. The smallest absolute Gasteiger partial charge is 0.0620 e. The van der Waals surface area contributed by atoms with Gasteiger partial charge in [0.1, 0.15) is 0 Å². The molecule has 0 unspecified atom stereocenters. The lowest BCUT2D eigenvalue weighted by Crippen LogP contribution is -2.11. The normalized spacial score (nSPS) is 14.4. The van der Waals surface area contributed by atoms with Gasteiger partial charge in [0.25, 0.3) is 0 Å². The molecule has 324 valence electrons. The van der Waals surface area contributed by atoms with Crippen molar-refractivity contribution in [3.63, 3.8) is 0 Å². The predicted molar refractivity (Wildman–Crippen MR) is 284 cm³/mol. The second-order valence-corrected chi connectivity index (χ2v) is 25.3. The largest absolute Gasteiger partial charge is 0.308 e. The molecule has 13 rings (SSSR count). The number of hydrogen-bond acceptors (Lipinski definition) is 0. The van der Waals surface area contributed by atoms with Crippen LogP contribution in [0.5, 0.6) is 0 Å². The minimum Gasteiger partial charge on any atom is -0.308 e. The minimum atomic E-state index is -0.0289. The van der Waals surface area contributed by atoms with Crippen LogP contribution in [0.2, 0.25) is 0 Å². The standard InChI is InChI=1S/C62H61N3/c1-58(2,3)32-16-18-49-37(20-32)44-23-35(61(10,11)12)26-47-41-30-52-42(29-51(41)63(49)56(44)47)48-27-36(62(13,14)15)25-46-40-28-39-45-24-34(60(7,8)9)22-43-38-21-33(59(4,5)6)17-19-50(38)64(55(43)45)53(39)31-54(40)65(52)57(46)48/h16-31H,1-15H3. The van der Waals surface area contributed by atoms with Crippen LogP contribution in [0.25, 0.3) is 114 Å². The van der Waals surface area contributed by atoms with Gasteiger partial charge >= 0.3 is 0 Å². The van der Waals surface area contributed by atoms with Gasteiger partial charge < -0.3 is 13.2 Å². The van der Waals surface area contributed by atoms with E-state index in [4.69, 9.17) is 0 Å². The molecule has 0 aliphatic heterocycles. The third-order valence-corrected chi connectivity index (χ3v) is 15.7. The van der Waals surface area contributed by atoms with Crippen LogP contribution in [-0.4, -0.2) is 13.2 Å². The Morgan fingerprint density at radius 2 is 0.446 bits per heavy atom. The molecule has 0 fully saturated rings. The fourth-order valence-electron chi connectivity index (χ4n) is 11.9. The molecule has 0 aliphatic rings. The van der Waals surface area contributed by atoms with Crippen molar-refractivity contribution >= 4 is 114 Å². The lowest BCUT2D eigenvalue weighted by atomic mass is 9.84. The highest BCUT2D eigenvalue weighted by atomic mass is 15.0. The summed E-state index contributed by atoms with van der Waals surface area (Å²) in [6.45, 7) is 35.2. The number of nitrogens with zero attached hydrogens (tertiary/aromatic N) is 3. The van der Waals surface area contributed by atoms with E-state index in [1.165, 1.54) is 142 Å². The first-order chi connectivity index (χ1) is 30.4. The Kier molecular flexibility index (Phi) is 7.05. The number of fused-ring (bicyclic) bond motifs is 18. The highest BCUT2D eigenvalue weighted by Gasteiger charge is 2.30. The van der Waals surface area contributed by atoms with E-state index >= 15 is 0 Å². The third-order valence-electron chi connectivity index (χ3n) is 15.7. The zero-order valence-electron chi connectivity index (χ0n) is 41.1. The van der Waals surface area contributed by atoms with Gasteiger partial charge in [-0.15, -0.1) is 0 Å². The van der Waals surface area contributed by atoms with Crippen molar-refractivity contribution in [2.45, 2.75) is 131 Å². The molecule has 6 heterocycles. The van der Waals surface area contributed by atoms with Crippen molar-refractivity contribution in [1.82, 2.24) is 13.2 Å². The molecule has 3 nitrogen and oxygen atoms in total. The van der Waals surface area contributed by atoms with Crippen molar-refractivity contribution < 1.29 is 0 Å². The molecule has 3 heteroatoms. The number of benzene rings is 7. The maximum absolute atomic E-state index is 2.64. The summed E-state index contributed by atoms with van der Waals surface area (Å²) in [4.78, 5) is 0. The molecule has 0 amide bonds. The zero-order chi connectivity index (χ0) is 45.6. The van der Waals surface area contributed by atoms with Crippen molar-refractivity contribution in [2.24, 2.45) is 0 Å². The van der Waals surface area contributed by atoms with Crippen LogP contribution in [0.3, 0.4) is 0 Å². The summed E-state index contributed by atoms with van der Waals surface area (Å²) < 4.78 is 7.82. The summed E-state index contributed by atoms with van der Waals surface area (Å²) in [5.41, 5.74) is 18.7. The van der Waals surface area contributed by atoms with E-state index in [1.54, 1.807) is 0 Å². The van der Waals surface area contributed by atoms with Crippen molar-refractivity contribution in [2.75, 3.05) is 0 Å². The minimum absolute atomic E-state index is 0.00338. The molecule has 0 saturated heterocycles. The molecule has 0 aliphatic carbocycles. The van der Waals surface area contributed by atoms with Crippen molar-refractivity contribution in [3.8, 4) is 0 Å². The van der Waals surface area contributed by atoms with E-state index in [9.17, 15) is 0 Å². The second kappa shape index (κ2) is 11.7. The second-order valence-electron chi connectivity index (χ2n) is 25.3. The first kappa shape index (κ1) is 39.3. The fourth-order valence-corrected chi connectivity index (χ4v) is 11.9. The molecule has 0 bridgehead atoms. The van der Waals surface area contributed by atoms with Gasteiger partial charge in [0.05, 0.1) is 49.7 Å². The zero-order valence-corrected chi connectivity index (χ0v) is 41.1. The lowest BCUT2D eigenvalue weighted by Gasteiger charge is -2.20. The van der Waals surface area contributed by atoms with E-state index in [-0.39, 0.29) is 27.1 Å². The first-order valence-electron chi connectivity index (χ1n) is 24.0. The number of aromatic nitrogens is 3. The van der Waals surface area contributed by atoms with E-state index in [2.05, 4.69) is 214 Å². The van der Waals surface area contributed by atoms with Crippen LogP contribution < -0.4 is 0 Å². The Labute approximate surface area is 381 Å². The van der Waals surface area contributed by atoms with E-state index < -0.39 is 0 Å². The van der Waals surface area contributed by atoms with Gasteiger partial charge in [-0.3, -0.25) is 0 Å².